The number of benzene rings is 2. The highest BCUT2D eigenvalue weighted by atomic mass is 35.5. The normalized spacial score (nSPS) is 12.2. The molecule has 0 bridgehead atoms. The zero-order valence-electron chi connectivity index (χ0n) is 14.7. The standard InChI is InChI=1S/C21H18ClN3OS/c1-15(17-10-5-6-11-18(17)22)27-21-24-23-20(19-12-7-13-26-19)25(21)14-16-8-3-2-4-9-16/h2-13,15H,14H2,1H3/t15-/m1/s1. The summed E-state index contributed by atoms with van der Waals surface area (Å²) in [6.07, 6.45) is 1.65. The maximum absolute atomic E-state index is 6.37. The fraction of sp³-hybridized carbons (Fsp3) is 0.143. The summed E-state index contributed by atoms with van der Waals surface area (Å²) in [4.78, 5) is 0. The lowest BCUT2D eigenvalue weighted by molar-refractivity contribution is 0.569. The van der Waals surface area contributed by atoms with E-state index in [0.29, 0.717) is 12.3 Å². The van der Waals surface area contributed by atoms with Crippen molar-refractivity contribution in [1.82, 2.24) is 14.8 Å². The first-order valence-corrected chi connectivity index (χ1v) is 9.90. The first-order chi connectivity index (χ1) is 13.2. The van der Waals surface area contributed by atoms with Gasteiger partial charge in [-0.1, -0.05) is 71.9 Å². The van der Waals surface area contributed by atoms with Crippen molar-refractivity contribution in [3.8, 4) is 11.6 Å². The van der Waals surface area contributed by atoms with Crippen LogP contribution in [0.5, 0.6) is 0 Å². The summed E-state index contributed by atoms with van der Waals surface area (Å²) in [5.74, 6) is 1.42. The van der Waals surface area contributed by atoms with E-state index < -0.39 is 0 Å². The Balaban J connectivity index is 1.69. The minimum Gasteiger partial charge on any atom is -0.461 e. The van der Waals surface area contributed by atoms with Gasteiger partial charge in [0.1, 0.15) is 0 Å². The van der Waals surface area contributed by atoms with Crippen molar-refractivity contribution in [2.45, 2.75) is 23.9 Å². The molecule has 0 aliphatic carbocycles. The number of nitrogens with zero attached hydrogens (tertiary/aromatic N) is 3. The molecular weight excluding hydrogens is 378 g/mol. The van der Waals surface area contributed by atoms with Crippen LogP contribution in [0.15, 0.2) is 82.6 Å². The molecule has 0 spiro atoms. The lowest BCUT2D eigenvalue weighted by Gasteiger charge is -2.14. The average Bonchev–Trinajstić information content (AvgIpc) is 3.33. The van der Waals surface area contributed by atoms with Gasteiger partial charge in [-0.05, 0) is 36.2 Å². The predicted molar refractivity (Wildman–Crippen MR) is 109 cm³/mol. The van der Waals surface area contributed by atoms with Crippen LogP contribution in [0.3, 0.4) is 0 Å². The number of hydrogen-bond donors (Lipinski definition) is 0. The molecule has 2 aromatic carbocycles. The smallest absolute Gasteiger partial charge is 0.200 e. The van der Waals surface area contributed by atoms with Crippen molar-refractivity contribution >= 4 is 23.4 Å². The van der Waals surface area contributed by atoms with Crippen LogP contribution >= 0.6 is 23.4 Å². The van der Waals surface area contributed by atoms with Crippen molar-refractivity contribution < 1.29 is 4.42 Å². The van der Waals surface area contributed by atoms with Crippen molar-refractivity contribution in [2.75, 3.05) is 0 Å². The SMILES string of the molecule is C[C@@H](Sc1nnc(-c2ccco2)n1Cc1ccccc1)c1ccccc1Cl. The summed E-state index contributed by atoms with van der Waals surface area (Å²) in [5.41, 5.74) is 2.26. The Morgan fingerprint density at radius 3 is 2.52 bits per heavy atom. The van der Waals surface area contributed by atoms with E-state index in [1.165, 1.54) is 5.56 Å². The van der Waals surface area contributed by atoms with Crippen LogP contribution in [0.1, 0.15) is 23.3 Å². The van der Waals surface area contributed by atoms with Gasteiger partial charge in [0.2, 0.25) is 5.82 Å². The Kier molecular flexibility index (Phi) is 5.32. The Morgan fingerprint density at radius 1 is 1.00 bits per heavy atom. The first-order valence-electron chi connectivity index (χ1n) is 8.64. The van der Waals surface area contributed by atoms with Crippen LogP contribution in [0.25, 0.3) is 11.6 Å². The third kappa shape index (κ3) is 3.94. The quantitative estimate of drug-likeness (QED) is 0.370. The number of rotatable bonds is 6. The summed E-state index contributed by atoms with van der Waals surface area (Å²) in [6.45, 7) is 2.79. The summed E-state index contributed by atoms with van der Waals surface area (Å²) in [6, 6.07) is 21.9. The lowest BCUT2D eigenvalue weighted by atomic mass is 10.2. The van der Waals surface area contributed by atoms with Gasteiger partial charge in [-0.3, -0.25) is 4.57 Å². The fourth-order valence-corrected chi connectivity index (χ4v) is 4.28. The molecule has 4 rings (SSSR count). The minimum atomic E-state index is 0.141. The monoisotopic (exact) mass is 395 g/mol. The van der Waals surface area contributed by atoms with Gasteiger partial charge in [0, 0.05) is 10.3 Å². The molecule has 0 saturated heterocycles. The van der Waals surface area contributed by atoms with Crippen molar-refractivity contribution in [3.05, 3.63) is 89.1 Å². The lowest BCUT2D eigenvalue weighted by Crippen LogP contribution is -2.04. The van der Waals surface area contributed by atoms with Gasteiger partial charge in [-0.25, -0.2) is 0 Å². The summed E-state index contributed by atoms with van der Waals surface area (Å²) >= 11 is 8.01. The molecule has 6 heteroatoms. The first kappa shape index (κ1) is 17.9. The van der Waals surface area contributed by atoms with Gasteiger partial charge in [0.25, 0.3) is 0 Å². The molecule has 1 atom stereocenters. The molecule has 4 aromatic rings. The highest BCUT2D eigenvalue weighted by Gasteiger charge is 2.20. The molecule has 0 saturated carbocycles. The van der Waals surface area contributed by atoms with E-state index in [-0.39, 0.29) is 5.25 Å². The number of halogens is 1. The maximum atomic E-state index is 6.37. The molecule has 0 amide bonds. The molecule has 4 nitrogen and oxygen atoms in total. The second kappa shape index (κ2) is 8.03. The Labute approximate surface area is 167 Å². The van der Waals surface area contributed by atoms with Gasteiger partial charge in [-0.15, -0.1) is 10.2 Å². The second-order valence-corrected chi connectivity index (χ2v) is 7.85. The van der Waals surface area contributed by atoms with Crippen molar-refractivity contribution in [1.29, 1.82) is 0 Å². The Morgan fingerprint density at radius 2 is 1.78 bits per heavy atom. The average molecular weight is 396 g/mol. The van der Waals surface area contributed by atoms with Crippen molar-refractivity contribution in [3.63, 3.8) is 0 Å². The van der Waals surface area contributed by atoms with Gasteiger partial charge >= 0.3 is 0 Å². The maximum Gasteiger partial charge on any atom is 0.200 e. The third-order valence-corrected chi connectivity index (χ3v) is 5.73. The molecule has 2 aromatic heterocycles. The fourth-order valence-electron chi connectivity index (χ4n) is 2.90. The number of furan rings is 1. The zero-order chi connectivity index (χ0) is 18.6. The molecule has 136 valence electrons. The van der Waals surface area contributed by atoms with Crippen LogP contribution in [-0.2, 0) is 6.54 Å². The molecular formula is C21H18ClN3OS. The van der Waals surface area contributed by atoms with E-state index >= 15 is 0 Å². The van der Waals surface area contributed by atoms with Gasteiger partial charge in [0.05, 0.1) is 12.8 Å². The van der Waals surface area contributed by atoms with Crippen molar-refractivity contribution in [2.24, 2.45) is 0 Å². The molecule has 27 heavy (non-hydrogen) atoms. The summed E-state index contributed by atoms with van der Waals surface area (Å²) < 4.78 is 7.66. The van der Waals surface area contributed by atoms with E-state index in [0.717, 1.165) is 21.6 Å². The van der Waals surface area contributed by atoms with Gasteiger partial charge in [-0.2, -0.15) is 0 Å². The van der Waals surface area contributed by atoms with Gasteiger partial charge < -0.3 is 4.42 Å². The topological polar surface area (TPSA) is 43.9 Å². The second-order valence-electron chi connectivity index (χ2n) is 6.14. The van der Waals surface area contributed by atoms with Gasteiger partial charge in [0.15, 0.2) is 10.9 Å². The molecule has 0 aliphatic rings. The molecule has 0 unspecified atom stereocenters. The molecule has 0 fully saturated rings. The van der Waals surface area contributed by atoms with E-state index in [9.17, 15) is 0 Å². The largest absolute Gasteiger partial charge is 0.461 e. The Hall–Kier alpha value is -2.50. The number of thioether (sulfide) groups is 1. The highest BCUT2D eigenvalue weighted by Crippen LogP contribution is 2.38. The van der Waals surface area contributed by atoms with Crippen LogP contribution < -0.4 is 0 Å². The summed E-state index contributed by atoms with van der Waals surface area (Å²) in [5, 5.41) is 10.6. The minimum absolute atomic E-state index is 0.141. The molecule has 0 radical (unpaired) electrons. The van der Waals surface area contributed by atoms with Crippen LogP contribution in [-0.4, -0.2) is 14.8 Å². The Bertz CT molecular complexity index is 1020. The molecule has 0 N–H and O–H groups in total. The number of aromatic nitrogens is 3. The third-order valence-electron chi connectivity index (χ3n) is 4.27. The van der Waals surface area contributed by atoms with E-state index in [2.05, 4.69) is 33.8 Å². The zero-order valence-corrected chi connectivity index (χ0v) is 16.3. The summed E-state index contributed by atoms with van der Waals surface area (Å²) in [7, 11) is 0. The van der Waals surface area contributed by atoms with Crippen LogP contribution in [0.4, 0.5) is 0 Å². The van der Waals surface area contributed by atoms with E-state index in [1.54, 1.807) is 18.0 Å². The highest BCUT2D eigenvalue weighted by molar-refractivity contribution is 7.99. The van der Waals surface area contributed by atoms with E-state index in [4.69, 9.17) is 16.0 Å². The van der Waals surface area contributed by atoms with Crippen LogP contribution in [0, 0.1) is 0 Å². The van der Waals surface area contributed by atoms with Crippen LogP contribution in [0.2, 0.25) is 5.02 Å². The predicted octanol–water partition coefficient (Wildman–Crippen LogP) is 6.09. The molecule has 2 heterocycles. The number of hydrogen-bond acceptors (Lipinski definition) is 4. The van der Waals surface area contributed by atoms with E-state index in [1.807, 2.05) is 54.6 Å². The molecule has 0 aliphatic heterocycles.